The maximum absolute atomic E-state index is 15.6. The molecule has 0 aliphatic heterocycles. The van der Waals surface area contributed by atoms with E-state index in [1.54, 1.807) is 11.1 Å². The van der Waals surface area contributed by atoms with Crippen molar-refractivity contribution in [1.82, 2.24) is 0 Å². The van der Waals surface area contributed by atoms with Gasteiger partial charge in [0, 0.05) is 6.42 Å². The summed E-state index contributed by atoms with van der Waals surface area (Å²) in [6.07, 6.45) is 8.68. The second-order valence-electron chi connectivity index (χ2n) is 16.9. The summed E-state index contributed by atoms with van der Waals surface area (Å²) in [6.45, 7) is 28.3. The van der Waals surface area contributed by atoms with Crippen LogP contribution in [0.2, 0.25) is 18.1 Å². The molecule has 0 aromatic rings. The molecule has 0 heterocycles. The van der Waals surface area contributed by atoms with Crippen molar-refractivity contribution in [2.75, 3.05) is 0 Å². The molecule has 4 aliphatic carbocycles. The van der Waals surface area contributed by atoms with Gasteiger partial charge in [0.15, 0.2) is 8.32 Å². The minimum atomic E-state index is -1.99. The van der Waals surface area contributed by atoms with Gasteiger partial charge < -0.3 is 9.22 Å². The highest BCUT2D eigenvalue weighted by Crippen LogP contribution is 2.73. The number of rotatable bonds is 6. The van der Waals surface area contributed by atoms with E-state index in [0.717, 1.165) is 12.7 Å². The molecule has 2 unspecified atom stereocenters. The first-order valence-electron chi connectivity index (χ1n) is 15.8. The summed E-state index contributed by atoms with van der Waals surface area (Å²) < 4.78 is 22.5. The van der Waals surface area contributed by atoms with E-state index < -0.39 is 14.5 Å². The van der Waals surface area contributed by atoms with Crippen LogP contribution in [0.25, 0.3) is 0 Å². The van der Waals surface area contributed by atoms with Crippen molar-refractivity contribution in [1.29, 1.82) is 0 Å². The van der Waals surface area contributed by atoms with Gasteiger partial charge in [0.25, 0.3) is 0 Å². The van der Waals surface area contributed by atoms with Crippen LogP contribution in [0.4, 0.5) is 4.39 Å². The number of allylic oxidation sites excluding steroid dienone is 2. The number of hydrogen-bond acceptors (Lipinski definition) is 2. The van der Waals surface area contributed by atoms with E-state index in [-0.39, 0.29) is 38.7 Å². The lowest BCUT2D eigenvalue weighted by atomic mass is 9.42. The second-order valence-corrected chi connectivity index (χ2v) is 21.6. The maximum Gasteiger partial charge on any atom is 0.192 e. The molecule has 0 bridgehead atoms. The van der Waals surface area contributed by atoms with E-state index in [0.29, 0.717) is 30.6 Å². The standard InChI is InChI=1S/C34H59FO2Si/c1-22(28(17-20-36)37-38(11,12)30(3,4)5)24-15-18-34(10)26-13-14-29-31(6,7)23(2)27(35)21-32(29,8)25(26)16-19-33(24,34)9/h20,22-24,27-29H,13-19,21H2,1-12H3/t22-,23-,24+,27+,28?,29?,32+,33+,34-/m0/s1. The maximum atomic E-state index is 15.6. The summed E-state index contributed by atoms with van der Waals surface area (Å²) >= 11 is 0. The van der Waals surface area contributed by atoms with Gasteiger partial charge in [-0.2, -0.15) is 0 Å². The fourth-order valence-corrected chi connectivity index (χ4v) is 11.5. The molecule has 4 aliphatic rings. The molecule has 218 valence electrons. The Morgan fingerprint density at radius 1 is 1.05 bits per heavy atom. The molecule has 4 heteroatoms. The molecular formula is C34H59FO2Si. The Hall–Kier alpha value is -0.483. The normalized spacial score (nSPS) is 42.7. The van der Waals surface area contributed by atoms with E-state index in [1.165, 1.54) is 32.1 Å². The number of halogens is 1. The average Bonchev–Trinajstić information content (AvgIpc) is 3.07. The van der Waals surface area contributed by atoms with Gasteiger partial charge in [0.05, 0.1) is 6.10 Å². The van der Waals surface area contributed by atoms with Crippen molar-refractivity contribution in [3.8, 4) is 0 Å². The number of hydrogen-bond donors (Lipinski definition) is 0. The predicted octanol–water partition coefficient (Wildman–Crippen LogP) is 9.94. The summed E-state index contributed by atoms with van der Waals surface area (Å²) in [5.41, 5.74) is 3.72. The van der Waals surface area contributed by atoms with Crippen molar-refractivity contribution in [2.45, 2.75) is 151 Å². The minimum Gasteiger partial charge on any atom is -0.413 e. The van der Waals surface area contributed by atoms with Gasteiger partial charge in [-0.25, -0.2) is 4.39 Å². The Morgan fingerprint density at radius 2 is 1.68 bits per heavy atom. The van der Waals surface area contributed by atoms with Gasteiger partial charge in [-0.1, -0.05) is 80.4 Å². The lowest BCUT2D eigenvalue weighted by molar-refractivity contribution is -0.110. The highest BCUT2D eigenvalue weighted by Gasteiger charge is 2.64. The highest BCUT2D eigenvalue weighted by atomic mass is 28.4. The molecule has 0 spiro atoms. The van der Waals surface area contributed by atoms with Gasteiger partial charge in [-0.3, -0.25) is 0 Å². The van der Waals surface area contributed by atoms with Gasteiger partial charge in [-0.15, -0.1) is 0 Å². The summed E-state index contributed by atoms with van der Waals surface area (Å²) in [5.74, 6) is 1.58. The van der Waals surface area contributed by atoms with E-state index in [2.05, 4.69) is 82.3 Å². The Labute approximate surface area is 235 Å². The molecule has 0 aromatic heterocycles. The highest BCUT2D eigenvalue weighted by molar-refractivity contribution is 6.74. The third-order valence-electron chi connectivity index (χ3n) is 14.1. The number of carbonyl (C=O) groups is 1. The van der Waals surface area contributed by atoms with Crippen LogP contribution in [0, 0.1) is 45.3 Å². The van der Waals surface area contributed by atoms with E-state index in [1.807, 2.05) is 0 Å². The molecule has 38 heavy (non-hydrogen) atoms. The van der Waals surface area contributed by atoms with E-state index in [9.17, 15) is 4.79 Å². The lowest BCUT2D eigenvalue weighted by Crippen LogP contribution is -2.56. The number of alkyl halides is 1. The zero-order chi connectivity index (χ0) is 28.7. The van der Waals surface area contributed by atoms with Crippen molar-refractivity contribution >= 4 is 14.6 Å². The molecular weight excluding hydrogens is 487 g/mol. The Morgan fingerprint density at radius 3 is 2.26 bits per heavy atom. The van der Waals surface area contributed by atoms with Gasteiger partial charge >= 0.3 is 0 Å². The van der Waals surface area contributed by atoms with Crippen LogP contribution < -0.4 is 0 Å². The first-order valence-corrected chi connectivity index (χ1v) is 18.7. The topological polar surface area (TPSA) is 26.3 Å². The van der Waals surface area contributed by atoms with Gasteiger partial charge in [0.1, 0.15) is 12.5 Å². The van der Waals surface area contributed by atoms with Gasteiger partial charge in [-0.05, 0) is 108 Å². The summed E-state index contributed by atoms with van der Waals surface area (Å²) in [4.78, 5) is 11.9. The largest absolute Gasteiger partial charge is 0.413 e. The number of carbonyl (C=O) groups excluding carboxylic acids is 1. The monoisotopic (exact) mass is 546 g/mol. The Kier molecular flexibility index (Phi) is 7.64. The SMILES string of the molecule is C[C@H](C(CC=O)O[Si](C)(C)C(C)(C)C)[C@H]1CC[C@@]2(C)C3=C(CC[C@]12C)[C@@]1(C)C[C@@H](F)[C@H](C)C(C)(C)C1CC3. The van der Waals surface area contributed by atoms with Crippen LogP contribution in [-0.2, 0) is 9.22 Å². The molecule has 2 fully saturated rings. The minimum absolute atomic E-state index is 0.00544. The van der Waals surface area contributed by atoms with Crippen molar-refractivity contribution < 1.29 is 13.6 Å². The molecule has 0 N–H and O–H groups in total. The third kappa shape index (κ3) is 4.27. The van der Waals surface area contributed by atoms with Gasteiger partial charge in [0.2, 0.25) is 0 Å². The molecule has 0 amide bonds. The van der Waals surface area contributed by atoms with Crippen molar-refractivity contribution in [3.63, 3.8) is 0 Å². The van der Waals surface area contributed by atoms with Crippen LogP contribution in [0.1, 0.15) is 121 Å². The molecule has 0 radical (unpaired) electrons. The van der Waals surface area contributed by atoms with E-state index >= 15 is 4.39 Å². The average molecular weight is 547 g/mol. The molecule has 0 saturated heterocycles. The summed E-state index contributed by atoms with van der Waals surface area (Å²) in [5, 5.41) is 0.125. The van der Waals surface area contributed by atoms with Crippen LogP contribution >= 0.6 is 0 Å². The third-order valence-corrected chi connectivity index (χ3v) is 18.6. The van der Waals surface area contributed by atoms with Crippen LogP contribution in [0.15, 0.2) is 11.1 Å². The van der Waals surface area contributed by atoms with Crippen molar-refractivity contribution in [2.24, 2.45) is 45.3 Å². The summed E-state index contributed by atoms with van der Waals surface area (Å²) in [6, 6.07) is 0. The molecule has 2 saturated carbocycles. The fourth-order valence-electron chi connectivity index (χ4n) is 10.1. The Balaban J connectivity index is 1.68. The van der Waals surface area contributed by atoms with Crippen LogP contribution in [0.5, 0.6) is 0 Å². The zero-order valence-corrected chi connectivity index (χ0v) is 27.9. The Bertz CT molecular complexity index is 962. The number of fused-ring (bicyclic) bond motifs is 4. The molecule has 0 aromatic carbocycles. The lowest BCUT2D eigenvalue weighted by Gasteiger charge is -2.63. The first kappa shape index (κ1) is 30.5. The molecule has 2 nitrogen and oxygen atoms in total. The van der Waals surface area contributed by atoms with E-state index in [4.69, 9.17) is 4.43 Å². The van der Waals surface area contributed by atoms with Crippen molar-refractivity contribution in [3.05, 3.63) is 11.1 Å². The zero-order valence-electron chi connectivity index (χ0n) is 26.9. The first-order chi connectivity index (χ1) is 17.3. The summed E-state index contributed by atoms with van der Waals surface area (Å²) in [7, 11) is -1.99. The molecule has 4 rings (SSSR count). The van der Waals surface area contributed by atoms with Crippen LogP contribution in [-0.4, -0.2) is 26.9 Å². The number of aldehydes is 1. The quantitative estimate of drug-likeness (QED) is 0.188. The fraction of sp³-hybridized carbons (Fsp3) is 0.912. The second kappa shape index (κ2) is 9.53. The van der Waals surface area contributed by atoms with Crippen LogP contribution in [0.3, 0.4) is 0 Å². The smallest absolute Gasteiger partial charge is 0.192 e. The molecule has 9 atom stereocenters. The predicted molar refractivity (Wildman–Crippen MR) is 160 cm³/mol.